The Morgan fingerprint density at radius 1 is 1.14 bits per heavy atom. The van der Waals surface area contributed by atoms with E-state index in [1.807, 2.05) is 0 Å². The molecule has 0 radical (unpaired) electrons. The summed E-state index contributed by atoms with van der Waals surface area (Å²) in [5.74, 6) is 0.967. The van der Waals surface area contributed by atoms with E-state index in [1.165, 1.54) is 47.8 Å². The van der Waals surface area contributed by atoms with Gasteiger partial charge in [-0.15, -0.1) is 0 Å². The van der Waals surface area contributed by atoms with Gasteiger partial charge in [-0.2, -0.15) is 0 Å². The van der Waals surface area contributed by atoms with E-state index in [4.69, 9.17) is 0 Å². The lowest BCUT2D eigenvalue weighted by Gasteiger charge is -2.23. The Balaban J connectivity index is 1.57. The van der Waals surface area contributed by atoms with Crippen molar-refractivity contribution < 1.29 is 4.79 Å². The molecule has 0 bridgehead atoms. The van der Waals surface area contributed by atoms with Crippen molar-refractivity contribution in [3.8, 4) is 0 Å². The summed E-state index contributed by atoms with van der Waals surface area (Å²) >= 11 is 0. The molecule has 1 atom stereocenters. The number of para-hydroxylation sites is 1. The average molecular weight is 296 g/mol. The Kier molecular flexibility index (Phi) is 3.65. The molecule has 22 heavy (non-hydrogen) atoms. The van der Waals surface area contributed by atoms with Crippen molar-refractivity contribution in [1.82, 2.24) is 10.3 Å². The minimum atomic E-state index is 0.0290. The molecule has 2 aliphatic carbocycles. The Morgan fingerprint density at radius 3 is 2.82 bits per heavy atom. The first kappa shape index (κ1) is 13.9. The lowest BCUT2D eigenvalue weighted by molar-refractivity contribution is -0.123. The smallest absolute Gasteiger partial charge is 0.227 e. The number of aryl methyl sites for hydroxylation is 1. The van der Waals surface area contributed by atoms with Crippen LogP contribution in [0.25, 0.3) is 10.9 Å². The number of aromatic amines is 1. The SMILES string of the molecule is O=C(NCC1CCCC1)C1CCCc2[nH]c3ccccc3c21. The van der Waals surface area contributed by atoms with Crippen LogP contribution in [0.4, 0.5) is 0 Å². The van der Waals surface area contributed by atoms with Gasteiger partial charge >= 0.3 is 0 Å². The fourth-order valence-electron chi connectivity index (χ4n) is 4.29. The molecule has 1 heterocycles. The maximum Gasteiger partial charge on any atom is 0.227 e. The van der Waals surface area contributed by atoms with E-state index in [0.717, 1.165) is 25.8 Å². The van der Waals surface area contributed by atoms with Gasteiger partial charge in [0.05, 0.1) is 5.92 Å². The minimum Gasteiger partial charge on any atom is -0.358 e. The molecule has 2 aliphatic rings. The molecule has 0 saturated heterocycles. The Bertz CT molecular complexity index is 682. The molecular weight excluding hydrogens is 272 g/mol. The van der Waals surface area contributed by atoms with E-state index in [1.54, 1.807) is 0 Å². The van der Waals surface area contributed by atoms with Gasteiger partial charge in [-0.25, -0.2) is 0 Å². The van der Waals surface area contributed by atoms with E-state index in [-0.39, 0.29) is 11.8 Å². The van der Waals surface area contributed by atoms with Crippen LogP contribution in [0, 0.1) is 5.92 Å². The zero-order valence-corrected chi connectivity index (χ0v) is 13.0. The number of aromatic nitrogens is 1. The normalized spacial score (nSPS) is 21.9. The highest BCUT2D eigenvalue weighted by Crippen LogP contribution is 2.37. The Labute approximate surface area is 131 Å². The number of H-pyrrole nitrogens is 1. The van der Waals surface area contributed by atoms with Crippen LogP contribution in [0.1, 0.15) is 55.7 Å². The van der Waals surface area contributed by atoms with Gasteiger partial charge < -0.3 is 10.3 Å². The topological polar surface area (TPSA) is 44.9 Å². The molecule has 1 aromatic carbocycles. The maximum atomic E-state index is 12.7. The van der Waals surface area contributed by atoms with Gasteiger partial charge in [0.15, 0.2) is 0 Å². The molecule has 1 aromatic heterocycles. The number of nitrogens with one attached hydrogen (secondary N) is 2. The first-order chi connectivity index (χ1) is 10.8. The second-order valence-corrected chi connectivity index (χ2v) is 6.90. The summed E-state index contributed by atoms with van der Waals surface area (Å²) in [4.78, 5) is 16.3. The number of hydrogen-bond acceptors (Lipinski definition) is 1. The summed E-state index contributed by atoms with van der Waals surface area (Å²) in [6.45, 7) is 0.868. The molecule has 0 spiro atoms. The molecule has 3 nitrogen and oxygen atoms in total. The van der Waals surface area contributed by atoms with E-state index in [0.29, 0.717) is 5.92 Å². The Hall–Kier alpha value is -1.77. The highest BCUT2D eigenvalue weighted by Gasteiger charge is 2.30. The van der Waals surface area contributed by atoms with Gasteiger partial charge in [-0.05, 0) is 49.7 Å². The lowest BCUT2D eigenvalue weighted by Crippen LogP contribution is -2.34. The molecule has 3 heteroatoms. The van der Waals surface area contributed by atoms with Crippen LogP contribution >= 0.6 is 0 Å². The van der Waals surface area contributed by atoms with Crippen LogP contribution in [0.15, 0.2) is 24.3 Å². The molecule has 1 unspecified atom stereocenters. The summed E-state index contributed by atoms with van der Waals surface area (Å²) in [5, 5.41) is 4.47. The van der Waals surface area contributed by atoms with Crippen LogP contribution in [0.3, 0.4) is 0 Å². The number of hydrogen-bond donors (Lipinski definition) is 2. The number of rotatable bonds is 3. The molecule has 2 N–H and O–H groups in total. The van der Waals surface area contributed by atoms with Crippen LogP contribution < -0.4 is 5.32 Å². The van der Waals surface area contributed by atoms with Gasteiger partial charge in [0, 0.05) is 23.1 Å². The van der Waals surface area contributed by atoms with Crippen molar-refractivity contribution in [3.63, 3.8) is 0 Å². The largest absolute Gasteiger partial charge is 0.358 e. The molecule has 1 saturated carbocycles. The third kappa shape index (κ3) is 2.43. The monoisotopic (exact) mass is 296 g/mol. The third-order valence-corrected chi connectivity index (χ3v) is 5.45. The highest BCUT2D eigenvalue weighted by molar-refractivity contribution is 5.93. The number of carbonyl (C=O) groups excluding carboxylic acids is 1. The Morgan fingerprint density at radius 2 is 1.95 bits per heavy atom. The van der Waals surface area contributed by atoms with Crippen LogP contribution in [0.5, 0.6) is 0 Å². The summed E-state index contributed by atoms with van der Waals surface area (Å²) < 4.78 is 0. The third-order valence-electron chi connectivity index (χ3n) is 5.45. The molecule has 1 fully saturated rings. The van der Waals surface area contributed by atoms with Gasteiger partial charge in [0.1, 0.15) is 0 Å². The average Bonchev–Trinajstić information content (AvgIpc) is 3.19. The first-order valence-electron chi connectivity index (χ1n) is 8.70. The predicted molar refractivity (Wildman–Crippen MR) is 88.9 cm³/mol. The van der Waals surface area contributed by atoms with Gasteiger partial charge in [-0.1, -0.05) is 31.0 Å². The molecule has 1 amide bonds. The fraction of sp³-hybridized carbons (Fsp3) is 0.526. The van der Waals surface area contributed by atoms with Crippen LogP contribution in [-0.4, -0.2) is 17.4 Å². The highest BCUT2D eigenvalue weighted by atomic mass is 16.1. The van der Waals surface area contributed by atoms with E-state index in [2.05, 4.69) is 34.6 Å². The van der Waals surface area contributed by atoms with E-state index in [9.17, 15) is 4.79 Å². The molecule has 2 aromatic rings. The van der Waals surface area contributed by atoms with Gasteiger partial charge in [-0.3, -0.25) is 4.79 Å². The molecule has 4 rings (SSSR count). The second kappa shape index (κ2) is 5.79. The van der Waals surface area contributed by atoms with Crippen molar-refractivity contribution in [1.29, 1.82) is 0 Å². The van der Waals surface area contributed by atoms with Crippen LogP contribution in [-0.2, 0) is 11.2 Å². The first-order valence-corrected chi connectivity index (χ1v) is 8.70. The minimum absolute atomic E-state index is 0.0290. The zero-order chi connectivity index (χ0) is 14.9. The van der Waals surface area contributed by atoms with E-state index < -0.39 is 0 Å². The summed E-state index contributed by atoms with van der Waals surface area (Å²) in [6, 6.07) is 8.38. The number of carbonyl (C=O) groups is 1. The fourth-order valence-corrected chi connectivity index (χ4v) is 4.29. The summed E-state index contributed by atoms with van der Waals surface area (Å²) in [7, 11) is 0. The predicted octanol–water partition coefficient (Wildman–Crippen LogP) is 3.89. The summed E-state index contributed by atoms with van der Waals surface area (Å²) in [5.41, 5.74) is 3.70. The van der Waals surface area contributed by atoms with Crippen LogP contribution in [0.2, 0.25) is 0 Å². The van der Waals surface area contributed by atoms with Crippen molar-refractivity contribution in [3.05, 3.63) is 35.5 Å². The lowest BCUT2D eigenvalue weighted by atomic mass is 9.84. The van der Waals surface area contributed by atoms with Crippen molar-refractivity contribution in [2.24, 2.45) is 5.92 Å². The summed E-state index contributed by atoms with van der Waals surface area (Å²) in [6.07, 6.45) is 8.36. The number of benzene rings is 1. The maximum absolute atomic E-state index is 12.7. The van der Waals surface area contributed by atoms with Crippen molar-refractivity contribution in [2.75, 3.05) is 6.54 Å². The molecular formula is C19H24N2O. The molecule has 116 valence electrons. The second-order valence-electron chi connectivity index (χ2n) is 6.90. The van der Waals surface area contributed by atoms with E-state index >= 15 is 0 Å². The van der Waals surface area contributed by atoms with Gasteiger partial charge in [0.2, 0.25) is 5.91 Å². The van der Waals surface area contributed by atoms with Gasteiger partial charge in [0.25, 0.3) is 0 Å². The number of fused-ring (bicyclic) bond motifs is 3. The standard InChI is InChI=1S/C19H24N2O/c22-19(20-12-13-6-1-2-7-13)15-9-5-11-17-18(15)14-8-3-4-10-16(14)21-17/h3-4,8,10,13,15,21H,1-2,5-7,9,11-12H2,(H,20,22). The molecule has 0 aliphatic heterocycles. The quantitative estimate of drug-likeness (QED) is 0.886. The van der Waals surface area contributed by atoms with Crippen molar-refractivity contribution >= 4 is 16.8 Å². The van der Waals surface area contributed by atoms with Crippen molar-refractivity contribution in [2.45, 2.75) is 50.9 Å². The zero-order valence-electron chi connectivity index (χ0n) is 13.0. The number of amides is 1.